The molecule has 1 aliphatic heterocycles. The topological polar surface area (TPSA) is 35.9 Å². The molecule has 1 unspecified atom stereocenters. The summed E-state index contributed by atoms with van der Waals surface area (Å²) in [7, 11) is 0. The molecule has 0 spiro atoms. The number of aliphatic hydroxyl groups excluding tert-OH is 1. The number of hydrogen-bond acceptors (Lipinski definition) is 4. The number of benzene rings is 2. The third-order valence-corrected chi connectivity index (χ3v) is 5.17. The Bertz CT molecular complexity index is 720. The monoisotopic (exact) mass is 380 g/mol. The van der Waals surface area contributed by atoms with Crippen molar-refractivity contribution in [2.75, 3.05) is 39.3 Å². The van der Waals surface area contributed by atoms with Crippen molar-refractivity contribution >= 4 is 0 Å². The Hall–Kier alpha value is -2.14. The summed E-state index contributed by atoms with van der Waals surface area (Å²) >= 11 is 0. The van der Waals surface area contributed by atoms with Gasteiger partial charge >= 0.3 is 0 Å². The minimum absolute atomic E-state index is 0.318. The summed E-state index contributed by atoms with van der Waals surface area (Å²) in [5.74, 6) is 0.839. The standard InChI is InChI=1S/C24H32N2O2/c1-2-9-22-12-6-7-13-24(22)28-20-23(27)19-26-15-8-14-25(16-17-26)18-21-10-4-3-5-11-21/h2-7,10-13,23,27H,1,8-9,14-20H2. The van der Waals surface area contributed by atoms with E-state index in [-0.39, 0.29) is 0 Å². The van der Waals surface area contributed by atoms with Crippen LogP contribution in [-0.2, 0) is 13.0 Å². The van der Waals surface area contributed by atoms with Crippen molar-refractivity contribution in [1.82, 2.24) is 9.80 Å². The van der Waals surface area contributed by atoms with Crippen molar-refractivity contribution < 1.29 is 9.84 Å². The summed E-state index contributed by atoms with van der Waals surface area (Å²) in [6.45, 7) is 9.91. The van der Waals surface area contributed by atoms with Crippen molar-refractivity contribution in [2.24, 2.45) is 0 Å². The highest BCUT2D eigenvalue weighted by Gasteiger charge is 2.18. The second kappa shape index (κ2) is 11.0. The number of β-amino-alcohol motifs (C(OH)–C–C–N with tert-alkyl or cyclic N) is 1. The van der Waals surface area contributed by atoms with Crippen LogP contribution in [0.1, 0.15) is 17.5 Å². The van der Waals surface area contributed by atoms with Gasteiger partial charge in [0, 0.05) is 26.2 Å². The molecule has 2 aromatic carbocycles. The van der Waals surface area contributed by atoms with E-state index in [1.807, 2.05) is 30.3 Å². The molecule has 0 saturated carbocycles. The van der Waals surface area contributed by atoms with Crippen molar-refractivity contribution in [1.29, 1.82) is 0 Å². The Morgan fingerprint density at radius 2 is 1.68 bits per heavy atom. The molecule has 1 atom stereocenters. The molecule has 0 radical (unpaired) electrons. The minimum Gasteiger partial charge on any atom is -0.491 e. The van der Waals surface area contributed by atoms with E-state index in [1.54, 1.807) is 0 Å². The van der Waals surface area contributed by atoms with E-state index in [2.05, 4.69) is 46.7 Å². The molecule has 3 rings (SSSR count). The van der Waals surface area contributed by atoms with Gasteiger partial charge in [0.25, 0.3) is 0 Å². The summed E-state index contributed by atoms with van der Waals surface area (Å²) in [5.41, 5.74) is 2.47. The Balaban J connectivity index is 1.43. The van der Waals surface area contributed by atoms with Crippen LogP contribution in [0.25, 0.3) is 0 Å². The van der Waals surface area contributed by atoms with Gasteiger partial charge < -0.3 is 9.84 Å². The summed E-state index contributed by atoms with van der Waals surface area (Å²) in [6, 6.07) is 18.6. The number of ether oxygens (including phenoxy) is 1. The number of allylic oxidation sites excluding steroid dienone is 1. The Morgan fingerprint density at radius 3 is 2.50 bits per heavy atom. The highest BCUT2D eigenvalue weighted by Crippen LogP contribution is 2.19. The van der Waals surface area contributed by atoms with Gasteiger partial charge in [-0.25, -0.2) is 0 Å². The predicted molar refractivity (Wildman–Crippen MR) is 115 cm³/mol. The van der Waals surface area contributed by atoms with E-state index >= 15 is 0 Å². The first kappa shape index (κ1) is 20.6. The number of rotatable bonds is 9. The SMILES string of the molecule is C=CCc1ccccc1OCC(O)CN1CCCN(Cc2ccccc2)CC1. The van der Waals surface area contributed by atoms with E-state index in [9.17, 15) is 5.11 Å². The Morgan fingerprint density at radius 1 is 0.964 bits per heavy atom. The summed E-state index contributed by atoms with van der Waals surface area (Å²) in [6.07, 6.45) is 3.28. The first-order chi connectivity index (χ1) is 13.7. The van der Waals surface area contributed by atoms with Gasteiger partial charge in [-0.15, -0.1) is 6.58 Å². The number of hydrogen-bond donors (Lipinski definition) is 1. The van der Waals surface area contributed by atoms with E-state index in [1.165, 1.54) is 5.56 Å². The van der Waals surface area contributed by atoms with E-state index in [0.717, 1.165) is 56.9 Å². The van der Waals surface area contributed by atoms with Gasteiger partial charge in [0.05, 0.1) is 0 Å². The first-order valence-electron chi connectivity index (χ1n) is 10.2. The predicted octanol–water partition coefficient (Wildman–Crippen LogP) is 3.36. The fourth-order valence-corrected chi connectivity index (χ4v) is 3.71. The minimum atomic E-state index is -0.488. The molecule has 0 bridgehead atoms. The fourth-order valence-electron chi connectivity index (χ4n) is 3.71. The van der Waals surface area contributed by atoms with Crippen molar-refractivity contribution in [3.8, 4) is 5.75 Å². The average Bonchev–Trinajstić information content (AvgIpc) is 2.93. The molecule has 1 aliphatic rings. The van der Waals surface area contributed by atoms with E-state index in [4.69, 9.17) is 4.74 Å². The lowest BCUT2D eigenvalue weighted by Gasteiger charge is -2.24. The van der Waals surface area contributed by atoms with Gasteiger partial charge in [0.15, 0.2) is 0 Å². The van der Waals surface area contributed by atoms with Gasteiger partial charge in [0.2, 0.25) is 0 Å². The van der Waals surface area contributed by atoms with Crippen molar-refractivity contribution in [2.45, 2.75) is 25.5 Å². The van der Waals surface area contributed by atoms with Crippen molar-refractivity contribution in [3.05, 3.63) is 78.4 Å². The summed E-state index contributed by atoms with van der Waals surface area (Å²) in [4.78, 5) is 4.86. The zero-order chi connectivity index (χ0) is 19.6. The number of aliphatic hydroxyl groups is 1. The zero-order valence-electron chi connectivity index (χ0n) is 16.7. The Labute approximate surface area is 169 Å². The lowest BCUT2D eigenvalue weighted by Crippen LogP contribution is -2.38. The number of para-hydroxylation sites is 1. The van der Waals surface area contributed by atoms with Crippen LogP contribution in [0.2, 0.25) is 0 Å². The van der Waals surface area contributed by atoms with E-state index in [0.29, 0.717) is 13.2 Å². The maximum Gasteiger partial charge on any atom is 0.122 e. The largest absolute Gasteiger partial charge is 0.491 e. The molecule has 28 heavy (non-hydrogen) atoms. The van der Waals surface area contributed by atoms with Crippen LogP contribution in [0.15, 0.2) is 67.3 Å². The zero-order valence-corrected chi connectivity index (χ0v) is 16.7. The molecule has 0 amide bonds. The molecular formula is C24H32N2O2. The van der Waals surface area contributed by atoms with Gasteiger partial charge in [-0.1, -0.05) is 54.6 Å². The van der Waals surface area contributed by atoms with E-state index < -0.39 is 6.10 Å². The smallest absolute Gasteiger partial charge is 0.122 e. The normalized spacial score (nSPS) is 17.0. The molecule has 4 heteroatoms. The Kier molecular flexibility index (Phi) is 8.09. The first-order valence-corrected chi connectivity index (χ1v) is 10.2. The van der Waals surface area contributed by atoms with Crippen LogP contribution in [0.4, 0.5) is 0 Å². The molecule has 2 aromatic rings. The number of nitrogens with zero attached hydrogens (tertiary/aromatic N) is 2. The maximum atomic E-state index is 10.5. The third-order valence-electron chi connectivity index (χ3n) is 5.17. The molecule has 150 valence electrons. The maximum absolute atomic E-state index is 10.5. The van der Waals surface area contributed by atoms with Crippen molar-refractivity contribution in [3.63, 3.8) is 0 Å². The van der Waals surface area contributed by atoms with Crippen LogP contribution >= 0.6 is 0 Å². The summed E-state index contributed by atoms with van der Waals surface area (Å²) in [5, 5.41) is 10.5. The average molecular weight is 381 g/mol. The van der Waals surface area contributed by atoms with Gasteiger partial charge in [-0.05, 0) is 43.1 Å². The third kappa shape index (κ3) is 6.48. The molecule has 0 aliphatic carbocycles. The van der Waals surface area contributed by atoms with Gasteiger partial charge in [-0.2, -0.15) is 0 Å². The van der Waals surface area contributed by atoms with Crippen LogP contribution in [0.3, 0.4) is 0 Å². The second-order valence-corrected chi connectivity index (χ2v) is 7.48. The summed E-state index contributed by atoms with van der Waals surface area (Å²) < 4.78 is 5.89. The van der Waals surface area contributed by atoms with Crippen LogP contribution in [0, 0.1) is 0 Å². The quantitative estimate of drug-likeness (QED) is 0.677. The molecular weight excluding hydrogens is 348 g/mol. The van der Waals surface area contributed by atoms with Gasteiger partial charge in [0.1, 0.15) is 18.5 Å². The van der Waals surface area contributed by atoms with Crippen LogP contribution in [0.5, 0.6) is 5.75 Å². The van der Waals surface area contributed by atoms with Gasteiger partial charge in [-0.3, -0.25) is 9.80 Å². The molecule has 4 nitrogen and oxygen atoms in total. The lowest BCUT2D eigenvalue weighted by atomic mass is 10.1. The fraction of sp³-hybridized carbons (Fsp3) is 0.417. The van der Waals surface area contributed by atoms with Crippen LogP contribution in [-0.4, -0.2) is 60.3 Å². The molecule has 1 fully saturated rings. The molecule has 1 N–H and O–H groups in total. The second-order valence-electron chi connectivity index (χ2n) is 7.48. The molecule has 1 heterocycles. The lowest BCUT2D eigenvalue weighted by molar-refractivity contribution is 0.0690. The highest BCUT2D eigenvalue weighted by molar-refractivity contribution is 5.34. The molecule has 0 aromatic heterocycles. The molecule has 1 saturated heterocycles. The highest BCUT2D eigenvalue weighted by atomic mass is 16.5. The van der Waals surface area contributed by atoms with Crippen LogP contribution < -0.4 is 4.74 Å².